The van der Waals surface area contributed by atoms with Gasteiger partial charge in [-0.25, -0.2) is 13.9 Å². The molecule has 1 saturated heterocycles. The molecule has 0 bridgehead atoms. The Hall–Kier alpha value is -2.70. The summed E-state index contributed by atoms with van der Waals surface area (Å²) in [5.74, 6) is -1.45. The van der Waals surface area contributed by atoms with Crippen LogP contribution in [0.2, 0.25) is 0 Å². The number of rotatable bonds is 7. The lowest BCUT2D eigenvalue weighted by Gasteiger charge is -2.38. The number of hydrogen-bond donors (Lipinski definition) is 2. The second-order valence-electron chi connectivity index (χ2n) is 7.76. The number of ether oxygens (including phenoxy) is 1. The van der Waals surface area contributed by atoms with Crippen molar-refractivity contribution in [2.45, 2.75) is 35.0 Å². The van der Waals surface area contributed by atoms with Gasteiger partial charge >= 0.3 is 12.5 Å². The highest BCUT2D eigenvalue weighted by molar-refractivity contribution is 7.93. The van der Waals surface area contributed by atoms with Crippen molar-refractivity contribution in [3.63, 3.8) is 0 Å². The molecule has 1 aliphatic heterocycles. The van der Waals surface area contributed by atoms with E-state index in [0.717, 1.165) is 12.1 Å². The zero-order chi connectivity index (χ0) is 24.4. The third-order valence-electron chi connectivity index (χ3n) is 5.68. The molecule has 12 heteroatoms. The summed E-state index contributed by atoms with van der Waals surface area (Å²) in [6, 6.07) is 10.5. The molecular formula is C21H22F4N2O5S. The first-order valence-corrected chi connectivity index (χ1v) is 11.3. The second kappa shape index (κ2) is 9.27. The SMILES string of the molecule is CN1CCC(C(=O)NO)(S(=O)(=O)c2ccc(-c3ccc(OC(F)(F)C(F)F)cc3)cc2)CC1. The molecule has 0 radical (unpaired) electrons. The molecule has 0 atom stereocenters. The van der Waals surface area contributed by atoms with Gasteiger partial charge in [0.15, 0.2) is 14.6 Å². The van der Waals surface area contributed by atoms with Crippen LogP contribution in [0, 0.1) is 0 Å². The fourth-order valence-electron chi connectivity index (χ4n) is 3.67. The van der Waals surface area contributed by atoms with E-state index in [2.05, 4.69) is 4.74 Å². The summed E-state index contributed by atoms with van der Waals surface area (Å²) in [5.41, 5.74) is 2.50. The van der Waals surface area contributed by atoms with Gasteiger partial charge in [-0.15, -0.1) is 0 Å². The molecule has 2 aromatic carbocycles. The van der Waals surface area contributed by atoms with E-state index < -0.39 is 38.8 Å². The normalized spacial score (nSPS) is 17.1. The van der Waals surface area contributed by atoms with Crippen LogP contribution in [-0.2, 0) is 14.6 Å². The van der Waals surface area contributed by atoms with E-state index >= 15 is 0 Å². The third kappa shape index (κ3) is 4.82. The van der Waals surface area contributed by atoms with Crippen LogP contribution in [0.15, 0.2) is 53.4 Å². The van der Waals surface area contributed by atoms with Gasteiger partial charge in [0.2, 0.25) is 0 Å². The zero-order valence-corrected chi connectivity index (χ0v) is 18.3. The predicted octanol–water partition coefficient (Wildman–Crippen LogP) is 3.33. The Bertz CT molecular complexity index is 1080. The van der Waals surface area contributed by atoms with Crippen molar-refractivity contribution in [2.75, 3.05) is 20.1 Å². The summed E-state index contributed by atoms with van der Waals surface area (Å²) in [4.78, 5) is 14.2. The molecule has 3 rings (SSSR count). The number of alkyl halides is 4. The minimum atomic E-state index is -4.62. The van der Waals surface area contributed by atoms with Crippen LogP contribution in [0.3, 0.4) is 0 Å². The van der Waals surface area contributed by atoms with Gasteiger partial charge in [0.1, 0.15) is 5.75 Å². The van der Waals surface area contributed by atoms with Gasteiger partial charge in [-0.2, -0.15) is 17.6 Å². The average molecular weight is 490 g/mol. The van der Waals surface area contributed by atoms with E-state index in [1.165, 1.54) is 41.9 Å². The number of benzene rings is 2. The van der Waals surface area contributed by atoms with Crippen molar-refractivity contribution in [1.29, 1.82) is 0 Å². The van der Waals surface area contributed by atoms with Gasteiger partial charge in [-0.1, -0.05) is 24.3 Å². The molecule has 7 nitrogen and oxygen atoms in total. The predicted molar refractivity (Wildman–Crippen MR) is 110 cm³/mol. The van der Waals surface area contributed by atoms with Crippen LogP contribution >= 0.6 is 0 Å². The lowest BCUT2D eigenvalue weighted by atomic mass is 9.95. The second-order valence-corrected chi connectivity index (χ2v) is 10.0. The van der Waals surface area contributed by atoms with Crippen LogP contribution in [0.4, 0.5) is 17.6 Å². The molecule has 0 saturated carbocycles. The van der Waals surface area contributed by atoms with Crippen molar-refractivity contribution in [3.8, 4) is 16.9 Å². The number of carbonyl (C=O) groups excluding carboxylic acids is 1. The fraction of sp³-hybridized carbons (Fsp3) is 0.381. The van der Waals surface area contributed by atoms with E-state index in [9.17, 15) is 30.8 Å². The van der Waals surface area contributed by atoms with Gasteiger partial charge in [0.05, 0.1) is 4.90 Å². The number of likely N-dealkylation sites (tertiary alicyclic amines) is 1. The molecule has 1 heterocycles. The molecule has 2 aromatic rings. The van der Waals surface area contributed by atoms with E-state index in [4.69, 9.17) is 5.21 Å². The monoisotopic (exact) mass is 490 g/mol. The quantitative estimate of drug-likeness (QED) is 0.351. The van der Waals surface area contributed by atoms with Crippen LogP contribution < -0.4 is 10.2 Å². The number of halogens is 4. The Morgan fingerprint density at radius 1 is 1.06 bits per heavy atom. The minimum absolute atomic E-state index is 0.00465. The van der Waals surface area contributed by atoms with Gasteiger partial charge in [-0.05, 0) is 68.4 Å². The van der Waals surface area contributed by atoms with Crippen molar-refractivity contribution in [1.82, 2.24) is 10.4 Å². The number of sulfone groups is 1. The lowest BCUT2D eigenvalue weighted by Crippen LogP contribution is -2.57. The Kier molecular flexibility index (Phi) is 7.01. The molecule has 1 amide bonds. The average Bonchev–Trinajstić information content (AvgIpc) is 2.79. The summed E-state index contributed by atoms with van der Waals surface area (Å²) < 4.78 is 79.5. The molecule has 2 N–H and O–H groups in total. The van der Waals surface area contributed by atoms with Crippen molar-refractivity contribution >= 4 is 15.7 Å². The van der Waals surface area contributed by atoms with E-state index in [1.54, 1.807) is 7.05 Å². The highest BCUT2D eigenvalue weighted by Gasteiger charge is 2.52. The fourth-order valence-corrected chi connectivity index (χ4v) is 5.62. The Morgan fingerprint density at radius 3 is 2.00 bits per heavy atom. The highest BCUT2D eigenvalue weighted by atomic mass is 32.2. The van der Waals surface area contributed by atoms with Crippen LogP contribution in [-0.4, -0.2) is 61.9 Å². The first kappa shape index (κ1) is 24.9. The minimum Gasteiger partial charge on any atom is -0.428 e. The summed E-state index contributed by atoms with van der Waals surface area (Å²) in [6.07, 6.45) is -8.59. The molecular weight excluding hydrogens is 468 g/mol. The molecule has 0 spiro atoms. The molecule has 1 fully saturated rings. The number of carbonyl (C=O) groups is 1. The maximum atomic E-state index is 13.4. The largest absolute Gasteiger partial charge is 0.461 e. The zero-order valence-electron chi connectivity index (χ0n) is 17.5. The lowest BCUT2D eigenvalue weighted by molar-refractivity contribution is -0.253. The maximum absolute atomic E-state index is 13.4. The third-order valence-corrected chi connectivity index (χ3v) is 8.20. The van der Waals surface area contributed by atoms with Crippen LogP contribution in [0.25, 0.3) is 11.1 Å². The number of nitrogens with zero attached hydrogens (tertiary/aromatic N) is 1. The number of hydrogen-bond acceptors (Lipinski definition) is 6. The first-order valence-electron chi connectivity index (χ1n) is 9.86. The summed E-state index contributed by atoms with van der Waals surface area (Å²) in [5, 5.41) is 9.17. The highest BCUT2D eigenvalue weighted by Crippen LogP contribution is 2.36. The molecule has 33 heavy (non-hydrogen) atoms. The number of hydroxylamine groups is 1. The Morgan fingerprint density at radius 2 is 1.55 bits per heavy atom. The number of amides is 1. The van der Waals surface area contributed by atoms with Gasteiger partial charge in [-0.3, -0.25) is 10.0 Å². The van der Waals surface area contributed by atoms with Crippen LogP contribution in [0.1, 0.15) is 12.8 Å². The number of piperidine rings is 1. The van der Waals surface area contributed by atoms with Crippen molar-refractivity contribution < 1.29 is 40.7 Å². The van der Waals surface area contributed by atoms with Crippen molar-refractivity contribution in [3.05, 3.63) is 48.5 Å². The Balaban J connectivity index is 1.85. The molecule has 1 aliphatic rings. The Labute approximate surface area is 187 Å². The molecule has 0 aliphatic carbocycles. The first-order chi connectivity index (χ1) is 15.4. The summed E-state index contributed by atoms with van der Waals surface area (Å²) in [7, 11) is -2.37. The van der Waals surface area contributed by atoms with E-state index in [0.29, 0.717) is 24.2 Å². The van der Waals surface area contributed by atoms with Gasteiger partial charge in [0, 0.05) is 0 Å². The summed E-state index contributed by atoms with van der Waals surface area (Å²) in [6.45, 7) is 0.702. The van der Waals surface area contributed by atoms with Crippen LogP contribution in [0.5, 0.6) is 5.75 Å². The molecule has 0 unspecified atom stereocenters. The topological polar surface area (TPSA) is 95.9 Å². The molecule has 0 aromatic heterocycles. The standard InChI is InChI=1S/C21H22F4N2O5S/c1-27-12-10-20(11-13-27,19(28)26-29)33(30,31)17-8-4-15(5-9-17)14-2-6-16(7-3-14)32-21(24,25)18(22)23/h2-9,18,29H,10-13H2,1H3,(H,26,28). The molecule has 180 valence electrons. The van der Waals surface area contributed by atoms with Crippen molar-refractivity contribution in [2.24, 2.45) is 0 Å². The summed E-state index contributed by atoms with van der Waals surface area (Å²) >= 11 is 0. The van der Waals surface area contributed by atoms with E-state index in [1.807, 2.05) is 4.90 Å². The number of nitrogens with one attached hydrogen (secondary N) is 1. The van der Waals surface area contributed by atoms with Gasteiger partial charge < -0.3 is 9.64 Å². The smallest absolute Gasteiger partial charge is 0.428 e. The van der Waals surface area contributed by atoms with E-state index in [-0.39, 0.29) is 17.7 Å². The maximum Gasteiger partial charge on any atom is 0.461 e. The van der Waals surface area contributed by atoms with Gasteiger partial charge in [0.25, 0.3) is 5.91 Å².